The highest BCUT2D eigenvalue weighted by Crippen LogP contribution is 2.32. The van der Waals surface area contributed by atoms with E-state index in [1.807, 2.05) is 54.0 Å². The first kappa shape index (κ1) is 41.1. The van der Waals surface area contributed by atoms with E-state index in [2.05, 4.69) is 46.6 Å². The molecule has 6 heterocycles. The van der Waals surface area contributed by atoms with E-state index >= 15 is 0 Å². The summed E-state index contributed by atoms with van der Waals surface area (Å²) in [6.07, 6.45) is 22.3. The molecule has 0 aromatic carbocycles. The second-order valence-corrected chi connectivity index (χ2v) is 16.7. The van der Waals surface area contributed by atoms with Gasteiger partial charge in [-0.2, -0.15) is 0 Å². The molecule has 4 aromatic rings. The van der Waals surface area contributed by atoms with E-state index in [4.69, 9.17) is 0 Å². The second kappa shape index (κ2) is 18.7. The average molecular weight is 817 g/mol. The lowest BCUT2D eigenvalue weighted by Gasteiger charge is -2.36. The predicted octanol–water partition coefficient (Wildman–Crippen LogP) is 7.56. The zero-order valence-electron chi connectivity index (χ0n) is 34.5. The van der Waals surface area contributed by atoms with Crippen LogP contribution in [0.5, 0.6) is 0 Å². The molecule has 3 fully saturated rings. The number of carbonyl (C=O) groups is 2. The summed E-state index contributed by atoms with van der Waals surface area (Å²) in [6, 6.07) is 8.47. The van der Waals surface area contributed by atoms with Gasteiger partial charge in [0.25, 0.3) is 0 Å². The molecule has 2 saturated heterocycles. The first-order valence-corrected chi connectivity index (χ1v) is 21.7. The lowest BCUT2D eigenvalue weighted by molar-refractivity contribution is 0.144. The topological polar surface area (TPSA) is 142 Å². The normalized spacial score (nSPS) is 19.5. The number of rotatable bonds is 10. The largest absolute Gasteiger partial charge is 0.336 e. The number of piperidine rings is 2. The fourth-order valence-electron chi connectivity index (χ4n) is 8.71. The number of carbonyl (C=O) groups excluding carboxylic acids is 2. The van der Waals surface area contributed by atoms with E-state index < -0.39 is 5.82 Å². The first-order valence-electron chi connectivity index (χ1n) is 21.7. The maximum atomic E-state index is 14.5. The van der Waals surface area contributed by atoms with E-state index in [1.54, 1.807) is 12.4 Å². The van der Waals surface area contributed by atoms with Crippen LogP contribution in [0.25, 0.3) is 11.1 Å². The van der Waals surface area contributed by atoms with Gasteiger partial charge in [-0.1, -0.05) is 24.3 Å². The van der Waals surface area contributed by atoms with E-state index in [0.717, 1.165) is 111 Å². The molecular weight excluding hydrogens is 763 g/mol. The highest BCUT2D eigenvalue weighted by molar-refractivity contribution is 5.81. The third-order valence-corrected chi connectivity index (χ3v) is 12.0. The zero-order chi connectivity index (χ0) is 41.6. The number of aryl methyl sites for hydroxylation is 2. The lowest BCUT2D eigenvalue weighted by Crippen LogP contribution is -2.50. The Labute approximate surface area is 350 Å². The molecule has 0 unspecified atom stereocenters. The number of amides is 4. The minimum Gasteiger partial charge on any atom is -0.336 e. The minimum absolute atomic E-state index is 0.0289. The summed E-state index contributed by atoms with van der Waals surface area (Å²) in [7, 11) is 0. The van der Waals surface area contributed by atoms with Crippen molar-refractivity contribution in [1.29, 1.82) is 0 Å². The number of allylic oxidation sites excluding steroid dienone is 2. The quantitative estimate of drug-likeness (QED) is 0.167. The Morgan fingerprint density at radius 3 is 1.68 bits per heavy atom. The number of aromatic nitrogens is 6. The van der Waals surface area contributed by atoms with E-state index in [9.17, 15) is 18.4 Å². The summed E-state index contributed by atoms with van der Waals surface area (Å²) < 4.78 is 29.0. The molecule has 14 heteroatoms. The van der Waals surface area contributed by atoms with Crippen molar-refractivity contribution in [2.45, 2.75) is 128 Å². The predicted molar refractivity (Wildman–Crippen MR) is 225 cm³/mol. The molecule has 0 radical (unpaired) electrons. The van der Waals surface area contributed by atoms with Crippen molar-refractivity contribution in [2.75, 3.05) is 13.1 Å². The molecule has 0 spiro atoms. The molecular formula is C46H54F2N10O2. The van der Waals surface area contributed by atoms with Crippen LogP contribution >= 0.6 is 0 Å². The van der Waals surface area contributed by atoms with Gasteiger partial charge in [0.2, 0.25) is 0 Å². The Hall–Kier alpha value is -5.66. The summed E-state index contributed by atoms with van der Waals surface area (Å²) in [5, 5.41) is 6.07. The number of fused-ring (bicyclic) bond motifs is 2. The number of halogens is 2. The maximum absolute atomic E-state index is 14.5. The van der Waals surface area contributed by atoms with Gasteiger partial charge >= 0.3 is 12.1 Å². The van der Waals surface area contributed by atoms with Crippen molar-refractivity contribution in [1.82, 2.24) is 50.3 Å². The van der Waals surface area contributed by atoms with Crippen LogP contribution in [-0.4, -0.2) is 89.0 Å². The number of nitrogens with one attached hydrogen (secondary N) is 2. The number of likely N-dealkylation sites (tertiary alicyclic amines) is 2. The monoisotopic (exact) mass is 816 g/mol. The van der Waals surface area contributed by atoms with Gasteiger partial charge in [0.05, 0.1) is 35.2 Å². The molecule has 314 valence electrons. The molecule has 9 rings (SSSR count). The smallest absolute Gasteiger partial charge is 0.317 e. The van der Waals surface area contributed by atoms with Crippen LogP contribution in [0, 0.1) is 11.6 Å². The van der Waals surface area contributed by atoms with Crippen LogP contribution in [0.4, 0.5) is 18.4 Å². The van der Waals surface area contributed by atoms with Gasteiger partial charge in [0, 0.05) is 84.8 Å². The van der Waals surface area contributed by atoms with Crippen molar-refractivity contribution in [3.8, 4) is 0 Å². The second-order valence-electron chi connectivity index (χ2n) is 16.7. The third kappa shape index (κ3) is 9.69. The zero-order valence-corrected chi connectivity index (χ0v) is 34.5. The van der Waals surface area contributed by atoms with Crippen molar-refractivity contribution < 1.29 is 18.4 Å². The van der Waals surface area contributed by atoms with E-state index in [0.29, 0.717) is 54.8 Å². The molecule has 5 aliphatic rings. The highest BCUT2D eigenvalue weighted by Gasteiger charge is 2.32. The molecule has 12 nitrogen and oxygen atoms in total. The minimum atomic E-state index is -0.391. The van der Waals surface area contributed by atoms with Crippen LogP contribution in [0.1, 0.15) is 124 Å². The molecule has 0 bridgehead atoms. The van der Waals surface area contributed by atoms with Crippen LogP contribution in [-0.2, 0) is 25.7 Å². The van der Waals surface area contributed by atoms with Crippen LogP contribution in [0.2, 0.25) is 0 Å². The Balaban J connectivity index is 0.000000166. The number of urea groups is 2. The van der Waals surface area contributed by atoms with Gasteiger partial charge < -0.3 is 20.4 Å². The molecule has 2 N–H and O–H groups in total. The molecule has 4 amide bonds. The molecule has 2 aliphatic heterocycles. The summed E-state index contributed by atoms with van der Waals surface area (Å²) in [5.41, 5.74) is 6.69. The standard InChI is InChI=1S/C23H26FN5O.C23H28FN5O/c24-19-14-26-22(18-9-11-20-17(18)5-3-12-25-20)28-21(19)10-8-16-4-1-2-13-29(16)23(30)27-15-6-7-15;1-15(2)27-23(30)29-13-4-3-6-16(29)8-10-21-19(24)14-26-22(28-21)18-9-11-20-17(18)7-5-12-25-20/h3,5,9,12,14-16H,1-2,4,6-8,10-11,13H2,(H,27,30);5,7,9,12,14-16H,3-4,6,8,10-11,13H2,1-2H3,(H,27,30)/t2*16-/m11/s1. The average Bonchev–Trinajstić information content (AvgIpc) is 3.80. The number of pyridine rings is 2. The number of hydrogen-bond donors (Lipinski definition) is 2. The van der Waals surface area contributed by atoms with Gasteiger partial charge in [-0.25, -0.2) is 38.3 Å². The molecule has 3 aliphatic carbocycles. The van der Waals surface area contributed by atoms with Crippen molar-refractivity contribution in [2.24, 2.45) is 0 Å². The summed E-state index contributed by atoms with van der Waals surface area (Å²) in [5.74, 6) is 0.313. The van der Waals surface area contributed by atoms with E-state index in [-0.39, 0.29) is 36.0 Å². The SMILES string of the molecule is CC(C)NC(=O)N1CCCC[C@@H]1CCc1nc(C2=CCc3ncccc32)ncc1F.O=C(NC1CC1)N1CCCC[C@@H]1CCc1nc(C2=CCc3ncccc32)ncc1F. The van der Waals surface area contributed by atoms with Crippen molar-refractivity contribution >= 4 is 23.2 Å². The fourth-order valence-corrected chi connectivity index (χ4v) is 8.71. The van der Waals surface area contributed by atoms with Crippen molar-refractivity contribution in [3.63, 3.8) is 0 Å². The van der Waals surface area contributed by atoms with Gasteiger partial charge in [-0.05, 0) is 103 Å². The summed E-state index contributed by atoms with van der Waals surface area (Å²) >= 11 is 0. The Kier molecular flexibility index (Phi) is 12.8. The van der Waals surface area contributed by atoms with Crippen molar-refractivity contribution in [3.05, 3.63) is 118 Å². The molecule has 60 heavy (non-hydrogen) atoms. The number of nitrogens with zero attached hydrogens (tertiary/aromatic N) is 8. The van der Waals surface area contributed by atoms with Gasteiger partial charge in [0.15, 0.2) is 23.3 Å². The Morgan fingerprint density at radius 2 is 1.20 bits per heavy atom. The molecule has 2 atom stereocenters. The third-order valence-electron chi connectivity index (χ3n) is 12.0. The van der Waals surface area contributed by atoms with Gasteiger partial charge in [-0.15, -0.1) is 0 Å². The lowest BCUT2D eigenvalue weighted by atomic mass is 9.97. The number of hydrogen-bond acceptors (Lipinski definition) is 8. The summed E-state index contributed by atoms with van der Waals surface area (Å²) in [6.45, 7) is 5.44. The van der Waals surface area contributed by atoms with Crippen LogP contribution in [0.15, 0.2) is 61.2 Å². The van der Waals surface area contributed by atoms with Crippen LogP contribution in [0.3, 0.4) is 0 Å². The Bertz CT molecular complexity index is 2110. The van der Waals surface area contributed by atoms with Crippen LogP contribution < -0.4 is 10.6 Å². The molecule has 1 saturated carbocycles. The highest BCUT2D eigenvalue weighted by atomic mass is 19.1. The van der Waals surface area contributed by atoms with Gasteiger partial charge in [-0.3, -0.25) is 9.97 Å². The molecule has 4 aromatic heterocycles. The van der Waals surface area contributed by atoms with Gasteiger partial charge in [0.1, 0.15) is 0 Å². The summed E-state index contributed by atoms with van der Waals surface area (Å²) in [4.78, 5) is 55.4. The maximum Gasteiger partial charge on any atom is 0.317 e. The Morgan fingerprint density at radius 1 is 0.700 bits per heavy atom. The van der Waals surface area contributed by atoms with E-state index in [1.165, 1.54) is 12.4 Å². The fraction of sp³-hybridized carbons (Fsp3) is 0.478. The first-order chi connectivity index (χ1) is 29.2.